The van der Waals surface area contributed by atoms with Gasteiger partial charge in [-0.15, -0.1) is 0 Å². The van der Waals surface area contributed by atoms with Crippen molar-refractivity contribution in [1.82, 2.24) is 20.2 Å². The zero-order valence-electron chi connectivity index (χ0n) is 10.3. The van der Waals surface area contributed by atoms with Crippen LogP contribution < -0.4 is 10.6 Å². The highest BCUT2D eigenvalue weighted by molar-refractivity contribution is 5.63. The van der Waals surface area contributed by atoms with Crippen molar-refractivity contribution in [1.29, 1.82) is 0 Å². The Labute approximate surface area is 105 Å². The van der Waals surface area contributed by atoms with Gasteiger partial charge in [-0.05, 0) is 25.3 Å². The highest BCUT2D eigenvalue weighted by atomic mass is 15.2. The second-order valence-electron chi connectivity index (χ2n) is 4.59. The first-order valence-corrected chi connectivity index (χ1v) is 6.14. The van der Waals surface area contributed by atoms with E-state index in [4.69, 9.17) is 5.73 Å². The molecular weight excluding hydrogens is 228 g/mol. The molecule has 1 aliphatic rings. The molecule has 1 aliphatic heterocycles. The number of aryl methyl sites for hydroxylation is 1. The van der Waals surface area contributed by atoms with Crippen LogP contribution in [-0.2, 0) is 0 Å². The Balaban J connectivity index is 2.03. The second-order valence-corrected chi connectivity index (χ2v) is 4.59. The SMILES string of the molecule is Cc1cn[nH]c1-c1cc(N2CCCC2)nc(N)n1. The number of aromatic amines is 1. The molecule has 0 saturated carbocycles. The van der Waals surface area contributed by atoms with Crippen LogP contribution in [0.4, 0.5) is 11.8 Å². The maximum absolute atomic E-state index is 5.80. The van der Waals surface area contributed by atoms with E-state index < -0.39 is 0 Å². The molecule has 0 spiro atoms. The molecule has 6 heteroatoms. The van der Waals surface area contributed by atoms with Gasteiger partial charge in [-0.3, -0.25) is 5.10 Å². The Morgan fingerprint density at radius 3 is 2.72 bits per heavy atom. The van der Waals surface area contributed by atoms with Crippen LogP contribution in [0.15, 0.2) is 12.3 Å². The Hall–Kier alpha value is -2.11. The molecule has 0 atom stereocenters. The lowest BCUT2D eigenvalue weighted by molar-refractivity contribution is 0.931. The summed E-state index contributed by atoms with van der Waals surface area (Å²) in [5.74, 6) is 1.22. The number of nitrogens with two attached hydrogens (primary N) is 1. The second kappa shape index (κ2) is 4.29. The number of nitrogens with one attached hydrogen (secondary N) is 1. The summed E-state index contributed by atoms with van der Waals surface area (Å²) in [5.41, 5.74) is 8.57. The van der Waals surface area contributed by atoms with Gasteiger partial charge in [0.2, 0.25) is 5.95 Å². The molecule has 1 fully saturated rings. The Morgan fingerprint density at radius 2 is 2.06 bits per heavy atom. The first-order valence-electron chi connectivity index (χ1n) is 6.14. The van der Waals surface area contributed by atoms with Crippen LogP contribution in [0, 0.1) is 6.92 Å². The van der Waals surface area contributed by atoms with Crippen molar-refractivity contribution in [2.45, 2.75) is 19.8 Å². The summed E-state index contributed by atoms with van der Waals surface area (Å²) >= 11 is 0. The van der Waals surface area contributed by atoms with Crippen LogP contribution in [0.5, 0.6) is 0 Å². The molecule has 0 unspecified atom stereocenters. The molecule has 0 radical (unpaired) electrons. The molecular formula is C12H16N6. The van der Waals surface area contributed by atoms with E-state index in [9.17, 15) is 0 Å². The predicted molar refractivity (Wildman–Crippen MR) is 70.2 cm³/mol. The Kier molecular flexibility index (Phi) is 2.62. The van der Waals surface area contributed by atoms with E-state index in [1.807, 2.05) is 13.0 Å². The van der Waals surface area contributed by atoms with Gasteiger partial charge in [0.1, 0.15) is 5.82 Å². The number of nitrogens with zero attached hydrogens (tertiary/aromatic N) is 4. The van der Waals surface area contributed by atoms with Gasteiger partial charge < -0.3 is 10.6 Å². The van der Waals surface area contributed by atoms with Gasteiger partial charge in [0, 0.05) is 19.2 Å². The van der Waals surface area contributed by atoms with E-state index in [-0.39, 0.29) is 0 Å². The monoisotopic (exact) mass is 244 g/mol. The minimum absolute atomic E-state index is 0.309. The molecule has 0 bridgehead atoms. The van der Waals surface area contributed by atoms with Gasteiger partial charge >= 0.3 is 0 Å². The fourth-order valence-electron chi connectivity index (χ4n) is 2.29. The number of nitrogen functional groups attached to an aromatic ring is 1. The molecule has 2 aromatic rings. The topological polar surface area (TPSA) is 83.7 Å². The molecule has 94 valence electrons. The third kappa shape index (κ3) is 1.90. The highest BCUT2D eigenvalue weighted by Gasteiger charge is 2.16. The molecule has 3 rings (SSSR count). The van der Waals surface area contributed by atoms with Crippen LogP contribution in [0.3, 0.4) is 0 Å². The smallest absolute Gasteiger partial charge is 0.222 e. The largest absolute Gasteiger partial charge is 0.368 e. The first-order chi connectivity index (χ1) is 8.74. The molecule has 0 amide bonds. The number of rotatable bonds is 2. The maximum atomic E-state index is 5.80. The van der Waals surface area contributed by atoms with E-state index in [1.54, 1.807) is 6.20 Å². The van der Waals surface area contributed by atoms with Gasteiger partial charge in [-0.25, -0.2) is 4.98 Å². The van der Waals surface area contributed by atoms with Crippen LogP contribution in [0.25, 0.3) is 11.4 Å². The summed E-state index contributed by atoms with van der Waals surface area (Å²) in [6.45, 7) is 4.07. The molecule has 0 aromatic carbocycles. The van der Waals surface area contributed by atoms with Crippen molar-refractivity contribution < 1.29 is 0 Å². The van der Waals surface area contributed by atoms with Crippen LogP contribution in [0.2, 0.25) is 0 Å². The number of aromatic nitrogens is 4. The molecule has 1 saturated heterocycles. The normalized spacial score (nSPS) is 15.3. The summed E-state index contributed by atoms with van der Waals surface area (Å²) in [5, 5.41) is 6.97. The van der Waals surface area contributed by atoms with Gasteiger partial charge in [0.25, 0.3) is 0 Å². The third-order valence-electron chi connectivity index (χ3n) is 3.25. The lowest BCUT2D eigenvalue weighted by Crippen LogP contribution is -2.19. The predicted octanol–water partition coefficient (Wildman–Crippen LogP) is 1.36. The fourth-order valence-corrected chi connectivity index (χ4v) is 2.29. The lowest BCUT2D eigenvalue weighted by Gasteiger charge is -2.17. The van der Waals surface area contributed by atoms with Crippen LogP contribution in [-0.4, -0.2) is 33.3 Å². The molecule has 3 N–H and O–H groups in total. The van der Waals surface area contributed by atoms with Crippen LogP contribution >= 0.6 is 0 Å². The number of H-pyrrole nitrogens is 1. The van der Waals surface area contributed by atoms with Crippen LogP contribution in [0.1, 0.15) is 18.4 Å². The van der Waals surface area contributed by atoms with Gasteiger partial charge in [0.05, 0.1) is 17.6 Å². The van der Waals surface area contributed by atoms with E-state index in [0.717, 1.165) is 35.9 Å². The van der Waals surface area contributed by atoms with Crippen molar-refractivity contribution in [2.24, 2.45) is 0 Å². The standard InChI is InChI=1S/C12H16N6/c1-8-7-14-17-11(8)9-6-10(16-12(13)15-9)18-4-2-3-5-18/h6-7H,2-5H2,1H3,(H,14,17)(H2,13,15,16). The minimum Gasteiger partial charge on any atom is -0.368 e. The van der Waals surface area contributed by atoms with Gasteiger partial charge in [0.15, 0.2) is 0 Å². The van der Waals surface area contributed by atoms with E-state index >= 15 is 0 Å². The maximum Gasteiger partial charge on any atom is 0.222 e. The quantitative estimate of drug-likeness (QED) is 0.833. The number of hydrogen-bond donors (Lipinski definition) is 2. The van der Waals surface area contributed by atoms with Gasteiger partial charge in [-0.1, -0.05) is 0 Å². The number of anilines is 2. The summed E-state index contributed by atoms with van der Waals surface area (Å²) in [7, 11) is 0. The summed E-state index contributed by atoms with van der Waals surface area (Å²) in [6, 6.07) is 1.97. The van der Waals surface area contributed by atoms with Crippen molar-refractivity contribution in [3.63, 3.8) is 0 Å². The first kappa shape index (κ1) is 11.0. The van der Waals surface area contributed by atoms with Crippen molar-refractivity contribution in [2.75, 3.05) is 23.7 Å². The fraction of sp³-hybridized carbons (Fsp3) is 0.417. The van der Waals surface area contributed by atoms with Crippen molar-refractivity contribution in [3.05, 3.63) is 17.8 Å². The Bertz CT molecular complexity index is 555. The average molecular weight is 244 g/mol. The van der Waals surface area contributed by atoms with E-state index in [2.05, 4.69) is 25.1 Å². The van der Waals surface area contributed by atoms with Gasteiger partial charge in [-0.2, -0.15) is 10.1 Å². The van der Waals surface area contributed by atoms with E-state index in [1.165, 1.54) is 12.8 Å². The molecule has 3 heterocycles. The van der Waals surface area contributed by atoms with Crippen molar-refractivity contribution in [3.8, 4) is 11.4 Å². The minimum atomic E-state index is 0.309. The van der Waals surface area contributed by atoms with Crippen molar-refractivity contribution >= 4 is 11.8 Å². The zero-order valence-corrected chi connectivity index (χ0v) is 10.3. The van der Waals surface area contributed by atoms with E-state index in [0.29, 0.717) is 5.95 Å². The zero-order chi connectivity index (χ0) is 12.5. The average Bonchev–Trinajstić information content (AvgIpc) is 2.98. The Morgan fingerprint density at radius 1 is 1.28 bits per heavy atom. The summed E-state index contributed by atoms with van der Waals surface area (Å²) in [4.78, 5) is 10.8. The lowest BCUT2D eigenvalue weighted by atomic mass is 10.2. The number of hydrogen-bond acceptors (Lipinski definition) is 5. The molecule has 6 nitrogen and oxygen atoms in total. The molecule has 2 aromatic heterocycles. The summed E-state index contributed by atoms with van der Waals surface area (Å²) in [6.07, 6.45) is 4.20. The highest BCUT2D eigenvalue weighted by Crippen LogP contribution is 2.25. The summed E-state index contributed by atoms with van der Waals surface area (Å²) < 4.78 is 0. The molecule has 0 aliphatic carbocycles. The molecule has 18 heavy (non-hydrogen) atoms. The third-order valence-corrected chi connectivity index (χ3v) is 3.25.